The van der Waals surface area contributed by atoms with E-state index in [4.69, 9.17) is 11.6 Å². The zero-order valence-corrected chi connectivity index (χ0v) is 14.0. The zero-order valence-electron chi connectivity index (χ0n) is 11.7. The number of thiazole rings is 1. The quantitative estimate of drug-likeness (QED) is 0.778. The summed E-state index contributed by atoms with van der Waals surface area (Å²) in [5.41, 5.74) is 1.96. The first-order valence-electron chi connectivity index (χ1n) is 6.90. The average molecular weight is 342 g/mol. The van der Waals surface area contributed by atoms with E-state index in [0.717, 1.165) is 30.5 Å². The van der Waals surface area contributed by atoms with Gasteiger partial charge in [0.2, 0.25) is 5.13 Å². The standard InChI is InChI=1S/C14H16ClN3OS2/c1-2-11-9-20-14(17-11)18-21(19)7-3-4-12(21)10-5-6-13(15)16-8-10/h5-6,8-9,12H,2-4,7H2,1H3. The van der Waals surface area contributed by atoms with Gasteiger partial charge in [0.1, 0.15) is 5.15 Å². The summed E-state index contributed by atoms with van der Waals surface area (Å²) < 4.78 is 17.7. The fourth-order valence-electron chi connectivity index (χ4n) is 2.50. The van der Waals surface area contributed by atoms with Crippen LogP contribution in [0, 0.1) is 0 Å². The number of aryl methyl sites for hydroxylation is 1. The third kappa shape index (κ3) is 3.12. The Morgan fingerprint density at radius 1 is 1.52 bits per heavy atom. The SMILES string of the molecule is CCc1csc(N=S2(=O)CCCC2c2ccc(Cl)nc2)n1. The molecule has 1 aliphatic heterocycles. The number of aromatic nitrogens is 2. The van der Waals surface area contributed by atoms with Crippen molar-refractivity contribution in [1.29, 1.82) is 0 Å². The molecule has 0 aliphatic carbocycles. The molecule has 1 fully saturated rings. The van der Waals surface area contributed by atoms with E-state index in [1.165, 1.54) is 11.3 Å². The van der Waals surface area contributed by atoms with E-state index in [1.807, 2.05) is 11.4 Å². The minimum absolute atomic E-state index is 0.0729. The summed E-state index contributed by atoms with van der Waals surface area (Å²) in [6.45, 7) is 2.05. The molecule has 1 saturated heterocycles. The third-order valence-corrected chi connectivity index (χ3v) is 7.48. The molecule has 2 unspecified atom stereocenters. The van der Waals surface area contributed by atoms with Gasteiger partial charge in [-0.1, -0.05) is 24.6 Å². The minimum atomic E-state index is -2.32. The highest BCUT2D eigenvalue weighted by atomic mass is 35.5. The van der Waals surface area contributed by atoms with Crippen LogP contribution < -0.4 is 0 Å². The number of pyridine rings is 1. The van der Waals surface area contributed by atoms with Gasteiger partial charge in [-0.05, 0) is 30.9 Å². The molecule has 0 N–H and O–H groups in total. The van der Waals surface area contributed by atoms with E-state index >= 15 is 0 Å². The Morgan fingerprint density at radius 2 is 2.38 bits per heavy atom. The first kappa shape index (κ1) is 14.9. The summed E-state index contributed by atoms with van der Waals surface area (Å²) in [5, 5.41) is 2.99. The van der Waals surface area contributed by atoms with Crippen LogP contribution in [0.4, 0.5) is 5.13 Å². The van der Waals surface area contributed by atoms with E-state index < -0.39 is 9.73 Å². The predicted octanol–water partition coefficient (Wildman–Crippen LogP) is 4.39. The second-order valence-electron chi connectivity index (χ2n) is 5.01. The van der Waals surface area contributed by atoms with E-state index in [2.05, 4.69) is 21.3 Å². The average Bonchev–Trinajstić information content (AvgIpc) is 3.07. The zero-order chi connectivity index (χ0) is 14.9. The molecule has 21 heavy (non-hydrogen) atoms. The summed E-state index contributed by atoms with van der Waals surface area (Å²) in [7, 11) is -2.32. The lowest BCUT2D eigenvalue weighted by Crippen LogP contribution is -2.08. The van der Waals surface area contributed by atoms with Crippen molar-refractivity contribution in [2.75, 3.05) is 5.75 Å². The van der Waals surface area contributed by atoms with Crippen molar-refractivity contribution < 1.29 is 4.21 Å². The van der Waals surface area contributed by atoms with Gasteiger partial charge in [-0.3, -0.25) is 0 Å². The van der Waals surface area contributed by atoms with Crippen LogP contribution in [-0.4, -0.2) is 19.9 Å². The monoisotopic (exact) mass is 341 g/mol. The van der Waals surface area contributed by atoms with E-state index in [0.29, 0.717) is 16.0 Å². The van der Waals surface area contributed by atoms with Crippen molar-refractivity contribution in [2.24, 2.45) is 4.36 Å². The molecule has 0 aromatic carbocycles. The maximum absolute atomic E-state index is 13.2. The number of hydrogen-bond donors (Lipinski definition) is 0. The number of nitrogens with zero attached hydrogens (tertiary/aromatic N) is 3. The van der Waals surface area contributed by atoms with Crippen LogP contribution >= 0.6 is 22.9 Å². The predicted molar refractivity (Wildman–Crippen MR) is 87.8 cm³/mol. The van der Waals surface area contributed by atoms with Crippen molar-refractivity contribution >= 4 is 37.8 Å². The van der Waals surface area contributed by atoms with Crippen molar-refractivity contribution in [1.82, 2.24) is 9.97 Å². The molecule has 2 aromatic rings. The van der Waals surface area contributed by atoms with E-state index in [1.54, 1.807) is 12.3 Å². The van der Waals surface area contributed by atoms with Crippen LogP contribution in [0.1, 0.15) is 36.3 Å². The van der Waals surface area contributed by atoms with Gasteiger partial charge in [0, 0.05) is 17.3 Å². The van der Waals surface area contributed by atoms with Crippen LogP contribution in [0.15, 0.2) is 28.1 Å². The van der Waals surface area contributed by atoms with Crippen LogP contribution in [0.25, 0.3) is 0 Å². The molecule has 0 spiro atoms. The Morgan fingerprint density at radius 3 is 3.05 bits per heavy atom. The van der Waals surface area contributed by atoms with E-state index in [-0.39, 0.29) is 5.25 Å². The van der Waals surface area contributed by atoms with Crippen molar-refractivity contribution in [3.8, 4) is 0 Å². The fraction of sp³-hybridized carbons (Fsp3) is 0.429. The molecule has 1 aliphatic rings. The van der Waals surface area contributed by atoms with Crippen molar-refractivity contribution in [3.05, 3.63) is 40.1 Å². The lowest BCUT2D eigenvalue weighted by atomic mass is 10.1. The largest absolute Gasteiger partial charge is 0.249 e. The minimum Gasteiger partial charge on any atom is -0.249 e. The summed E-state index contributed by atoms with van der Waals surface area (Å²) in [6, 6.07) is 3.65. The van der Waals surface area contributed by atoms with Crippen molar-refractivity contribution in [3.63, 3.8) is 0 Å². The third-order valence-electron chi connectivity index (χ3n) is 3.60. The number of rotatable bonds is 3. The van der Waals surface area contributed by atoms with Crippen LogP contribution in [0.5, 0.6) is 0 Å². The molecule has 112 valence electrons. The molecule has 0 amide bonds. The topological polar surface area (TPSA) is 55.2 Å². The van der Waals surface area contributed by atoms with Gasteiger partial charge >= 0.3 is 0 Å². The number of halogens is 1. The van der Waals surface area contributed by atoms with Gasteiger partial charge in [0.15, 0.2) is 0 Å². The highest BCUT2D eigenvalue weighted by molar-refractivity contribution is 7.94. The molecule has 0 radical (unpaired) electrons. The lowest BCUT2D eigenvalue weighted by Gasteiger charge is -2.13. The Hall–Kier alpha value is -0.980. The maximum Gasteiger partial charge on any atom is 0.217 e. The second-order valence-corrected chi connectivity index (χ2v) is 8.77. The van der Waals surface area contributed by atoms with Gasteiger partial charge in [-0.2, -0.15) is 4.36 Å². The van der Waals surface area contributed by atoms with Crippen LogP contribution in [0.3, 0.4) is 0 Å². The summed E-state index contributed by atoms with van der Waals surface area (Å²) >= 11 is 7.29. The number of hydrogen-bond acceptors (Lipinski definition) is 5. The summed E-state index contributed by atoms with van der Waals surface area (Å²) in [5.74, 6) is 0.626. The lowest BCUT2D eigenvalue weighted by molar-refractivity contribution is 0.672. The highest BCUT2D eigenvalue weighted by Crippen LogP contribution is 2.38. The molecular weight excluding hydrogens is 326 g/mol. The Balaban J connectivity index is 1.98. The first-order valence-corrected chi connectivity index (χ1v) is 9.91. The van der Waals surface area contributed by atoms with E-state index in [9.17, 15) is 4.21 Å². The van der Waals surface area contributed by atoms with Gasteiger partial charge in [-0.25, -0.2) is 14.2 Å². The first-order chi connectivity index (χ1) is 10.1. The van der Waals surface area contributed by atoms with Gasteiger partial charge < -0.3 is 0 Å². The Kier molecular flexibility index (Phi) is 4.28. The smallest absolute Gasteiger partial charge is 0.217 e. The molecule has 0 bridgehead atoms. The molecular formula is C14H16ClN3OS2. The normalized spacial score (nSPS) is 25.1. The highest BCUT2D eigenvalue weighted by Gasteiger charge is 2.31. The molecule has 0 saturated carbocycles. The van der Waals surface area contributed by atoms with Gasteiger partial charge in [-0.15, -0.1) is 11.3 Å². The Bertz CT molecular complexity index is 748. The van der Waals surface area contributed by atoms with Crippen LogP contribution in [0.2, 0.25) is 5.15 Å². The second kappa shape index (κ2) is 6.02. The molecule has 4 nitrogen and oxygen atoms in total. The van der Waals surface area contributed by atoms with Crippen LogP contribution in [-0.2, 0) is 16.1 Å². The molecule has 3 rings (SSSR count). The fourth-order valence-corrected chi connectivity index (χ4v) is 6.28. The molecule has 2 atom stereocenters. The summed E-state index contributed by atoms with van der Waals surface area (Å²) in [6.07, 6.45) is 4.38. The van der Waals surface area contributed by atoms with Crippen molar-refractivity contribution in [2.45, 2.75) is 31.4 Å². The molecule has 2 aromatic heterocycles. The Labute approximate surface area is 133 Å². The maximum atomic E-state index is 13.2. The molecule has 7 heteroatoms. The molecule has 3 heterocycles. The van der Waals surface area contributed by atoms with Gasteiger partial charge in [0.05, 0.1) is 20.7 Å². The van der Waals surface area contributed by atoms with Gasteiger partial charge in [0.25, 0.3) is 0 Å². The summed E-state index contributed by atoms with van der Waals surface area (Å²) in [4.78, 5) is 8.51.